The smallest absolute Gasteiger partial charge is 0.169 e. The van der Waals surface area contributed by atoms with Crippen molar-refractivity contribution in [3.8, 4) is 0 Å². The monoisotopic (exact) mass is 320 g/mol. The van der Waals surface area contributed by atoms with Gasteiger partial charge in [0.1, 0.15) is 6.33 Å². The Balaban J connectivity index is 1.92. The zero-order chi connectivity index (χ0) is 11.3. The van der Waals surface area contributed by atoms with Crippen LogP contribution in [0.25, 0.3) is 0 Å². The summed E-state index contributed by atoms with van der Waals surface area (Å²) in [5, 5.41) is 1.13. The molecule has 16 heavy (non-hydrogen) atoms. The topological polar surface area (TPSA) is 25.8 Å². The quantitative estimate of drug-likeness (QED) is 0.468. The van der Waals surface area contributed by atoms with E-state index in [0.717, 1.165) is 9.67 Å². The van der Waals surface area contributed by atoms with E-state index in [0.29, 0.717) is 5.41 Å². The summed E-state index contributed by atoms with van der Waals surface area (Å²) in [4.78, 5) is 4.24. The van der Waals surface area contributed by atoms with Crippen molar-refractivity contribution >= 4 is 39.2 Å². The molecule has 0 saturated heterocycles. The van der Waals surface area contributed by atoms with Gasteiger partial charge in [-0.1, -0.05) is 53.4 Å². The molecule has 1 aromatic rings. The van der Waals surface area contributed by atoms with Crippen molar-refractivity contribution in [2.45, 2.75) is 42.9 Å². The minimum atomic E-state index is 0.493. The Hall–Kier alpha value is 0.390. The van der Waals surface area contributed by atoms with Crippen molar-refractivity contribution in [1.29, 1.82) is 0 Å². The summed E-state index contributed by atoms with van der Waals surface area (Å²) in [7, 11) is 0. The molecule has 0 spiro atoms. The third kappa shape index (κ3) is 3.44. The average Bonchev–Trinajstić information content (AvgIpc) is 2.72. The fourth-order valence-electron chi connectivity index (χ4n) is 2.24. The zero-order valence-corrected chi connectivity index (χ0v) is 12.5. The van der Waals surface area contributed by atoms with E-state index < -0.39 is 0 Å². The molecular weight excluding hydrogens is 304 g/mol. The lowest BCUT2D eigenvalue weighted by Gasteiger charge is -2.29. The molecule has 0 aliphatic heterocycles. The van der Waals surface area contributed by atoms with Crippen LogP contribution in [0.1, 0.15) is 38.5 Å². The van der Waals surface area contributed by atoms with Gasteiger partial charge in [0.05, 0.1) is 0 Å². The first-order chi connectivity index (χ1) is 7.85. The van der Waals surface area contributed by atoms with Gasteiger partial charge in [-0.05, 0) is 29.8 Å². The molecule has 0 bridgehead atoms. The number of alkyl halides is 1. The van der Waals surface area contributed by atoms with Crippen molar-refractivity contribution in [3.63, 3.8) is 0 Å². The van der Waals surface area contributed by atoms with E-state index in [1.807, 2.05) is 11.8 Å². The molecule has 1 aliphatic rings. The fraction of sp³-hybridized carbons (Fsp3) is 0.818. The second kappa shape index (κ2) is 6.36. The first kappa shape index (κ1) is 12.8. The second-order valence-corrected chi connectivity index (χ2v) is 7.11. The molecule has 0 aromatic carbocycles. The molecule has 0 radical (unpaired) electrons. The minimum Gasteiger partial charge on any atom is -0.216 e. The summed E-state index contributed by atoms with van der Waals surface area (Å²) in [6, 6.07) is 0. The summed E-state index contributed by atoms with van der Waals surface area (Å²) in [6.45, 7) is 0. The van der Waals surface area contributed by atoms with Crippen molar-refractivity contribution in [1.82, 2.24) is 9.36 Å². The standard InChI is InChI=1S/C11H17BrN2S2/c12-7-11(5-3-1-2-4-6-11)8-15-10-13-9-14-16-10/h9H,1-8H2. The summed E-state index contributed by atoms with van der Waals surface area (Å²) in [5.74, 6) is 1.19. The highest BCUT2D eigenvalue weighted by Gasteiger charge is 2.30. The van der Waals surface area contributed by atoms with Crippen LogP contribution in [0.3, 0.4) is 0 Å². The normalized spacial score (nSPS) is 20.6. The molecule has 1 aliphatic carbocycles. The van der Waals surface area contributed by atoms with Crippen molar-refractivity contribution in [3.05, 3.63) is 6.33 Å². The van der Waals surface area contributed by atoms with E-state index in [-0.39, 0.29) is 0 Å². The molecule has 1 fully saturated rings. The Morgan fingerprint density at radius 3 is 2.62 bits per heavy atom. The predicted octanol–water partition coefficient (Wildman–Crippen LogP) is 4.37. The maximum Gasteiger partial charge on any atom is 0.169 e. The molecule has 1 saturated carbocycles. The van der Waals surface area contributed by atoms with Crippen LogP contribution in [0, 0.1) is 5.41 Å². The van der Waals surface area contributed by atoms with Gasteiger partial charge >= 0.3 is 0 Å². The molecule has 90 valence electrons. The minimum absolute atomic E-state index is 0.493. The Morgan fingerprint density at radius 1 is 1.31 bits per heavy atom. The van der Waals surface area contributed by atoms with E-state index in [1.54, 1.807) is 6.33 Å². The van der Waals surface area contributed by atoms with Gasteiger partial charge in [0, 0.05) is 11.1 Å². The van der Waals surface area contributed by atoms with Gasteiger partial charge in [-0.2, -0.15) is 4.37 Å². The Morgan fingerprint density at radius 2 is 2.06 bits per heavy atom. The molecule has 2 rings (SSSR count). The summed E-state index contributed by atoms with van der Waals surface area (Å²) >= 11 is 7.11. The largest absolute Gasteiger partial charge is 0.216 e. The summed E-state index contributed by atoms with van der Waals surface area (Å²) in [6.07, 6.45) is 10.00. The fourth-order valence-corrected chi connectivity index (χ4v) is 5.00. The number of rotatable bonds is 4. The van der Waals surface area contributed by atoms with Crippen LogP contribution in [0.15, 0.2) is 10.7 Å². The number of aromatic nitrogens is 2. The molecule has 1 aromatic heterocycles. The van der Waals surface area contributed by atoms with Gasteiger partial charge in [0.15, 0.2) is 4.34 Å². The number of hydrogen-bond donors (Lipinski definition) is 0. The van der Waals surface area contributed by atoms with Crippen LogP contribution in [0.4, 0.5) is 0 Å². The van der Waals surface area contributed by atoms with Gasteiger partial charge in [-0.3, -0.25) is 0 Å². The van der Waals surface area contributed by atoms with Crippen LogP contribution in [0.5, 0.6) is 0 Å². The van der Waals surface area contributed by atoms with Crippen molar-refractivity contribution < 1.29 is 0 Å². The van der Waals surface area contributed by atoms with E-state index in [9.17, 15) is 0 Å². The molecule has 1 heterocycles. The van der Waals surface area contributed by atoms with Crippen LogP contribution in [0.2, 0.25) is 0 Å². The van der Waals surface area contributed by atoms with E-state index in [4.69, 9.17) is 0 Å². The van der Waals surface area contributed by atoms with Crippen LogP contribution in [-0.4, -0.2) is 20.4 Å². The third-order valence-corrected chi connectivity index (χ3v) is 6.63. The summed E-state index contributed by atoms with van der Waals surface area (Å²) < 4.78 is 5.17. The highest BCUT2D eigenvalue weighted by molar-refractivity contribution is 9.09. The maximum atomic E-state index is 4.24. The molecule has 0 amide bonds. The lowest BCUT2D eigenvalue weighted by molar-refractivity contribution is 0.334. The van der Waals surface area contributed by atoms with Gasteiger partial charge < -0.3 is 0 Å². The Kier molecular flexibility index (Phi) is 5.10. The number of halogens is 1. The van der Waals surface area contributed by atoms with E-state index >= 15 is 0 Å². The summed E-state index contributed by atoms with van der Waals surface area (Å²) in [5.41, 5.74) is 0.493. The second-order valence-electron chi connectivity index (χ2n) is 4.54. The zero-order valence-electron chi connectivity index (χ0n) is 9.32. The molecular formula is C11H17BrN2S2. The van der Waals surface area contributed by atoms with Gasteiger partial charge in [0.2, 0.25) is 0 Å². The van der Waals surface area contributed by atoms with Gasteiger partial charge in [-0.15, -0.1) is 0 Å². The van der Waals surface area contributed by atoms with E-state index in [1.165, 1.54) is 55.8 Å². The molecule has 0 atom stereocenters. The third-order valence-electron chi connectivity index (χ3n) is 3.29. The lowest BCUT2D eigenvalue weighted by atomic mass is 9.85. The predicted molar refractivity (Wildman–Crippen MR) is 74.6 cm³/mol. The van der Waals surface area contributed by atoms with Gasteiger partial charge in [-0.25, -0.2) is 4.98 Å². The van der Waals surface area contributed by atoms with E-state index in [2.05, 4.69) is 25.3 Å². The van der Waals surface area contributed by atoms with Crippen LogP contribution >= 0.6 is 39.2 Å². The Labute approximate surface area is 114 Å². The number of thioether (sulfide) groups is 1. The van der Waals surface area contributed by atoms with Gasteiger partial charge in [0.25, 0.3) is 0 Å². The van der Waals surface area contributed by atoms with Crippen molar-refractivity contribution in [2.75, 3.05) is 11.1 Å². The molecule has 0 N–H and O–H groups in total. The van der Waals surface area contributed by atoms with Crippen LogP contribution < -0.4 is 0 Å². The molecule has 5 heteroatoms. The number of hydrogen-bond acceptors (Lipinski definition) is 4. The first-order valence-electron chi connectivity index (χ1n) is 5.80. The van der Waals surface area contributed by atoms with Crippen molar-refractivity contribution in [2.24, 2.45) is 5.41 Å². The first-order valence-corrected chi connectivity index (χ1v) is 8.68. The SMILES string of the molecule is BrCC1(CSc2ncns2)CCCCCC1. The highest BCUT2D eigenvalue weighted by atomic mass is 79.9. The van der Waals surface area contributed by atoms with Crippen LogP contribution in [-0.2, 0) is 0 Å². The Bertz CT molecular complexity index is 295. The average molecular weight is 321 g/mol. The lowest BCUT2D eigenvalue weighted by Crippen LogP contribution is -2.24. The maximum absolute atomic E-state index is 4.24. The number of nitrogens with zero attached hydrogens (tertiary/aromatic N) is 2. The molecule has 2 nitrogen and oxygen atoms in total. The molecule has 0 unspecified atom stereocenters. The highest BCUT2D eigenvalue weighted by Crippen LogP contribution is 2.41.